The molecule has 0 amide bonds. The third-order valence-electron chi connectivity index (χ3n) is 3.68. The molecule has 0 heterocycles. The summed E-state index contributed by atoms with van der Waals surface area (Å²) in [6.07, 6.45) is 4.71. The zero-order valence-corrected chi connectivity index (χ0v) is 12.7. The second-order valence-electron chi connectivity index (χ2n) is 5.73. The SMILES string of the molecule is CC(N)C1CCCCC1.O=C(O)CC(O)(CC(=O)O)C(=O)O. The number of carboxylic acids is 3. The predicted octanol–water partition coefficient (Wildman–Crippen LogP) is 0.665. The second-order valence-corrected chi connectivity index (χ2v) is 5.73. The third kappa shape index (κ3) is 7.94. The van der Waals surface area contributed by atoms with Gasteiger partial charge in [-0.05, 0) is 25.7 Å². The molecule has 6 N–H and O–H groups in total. The molecule has 1 aliphatic rings. The third-order valence-corrected chi connectivity index (χ3v) is 3.68. The van der Waals surface area contributed by atoms with Gasteiger partial charge in [-0.3, -0.25) is 9.59 Å². The second kappa shape index (κ2) is 9.37. The minimum atomic E-state index is -2.74. The Morgan fingerprint density at radius 1 is 1.05 bits per heavy atom. The summed E-state index contributed by atoms with van der Waals surface area (Å²) in [6.45, 7) is 2.13. The summed E-state index contributed by atoms with van der Waals surface area (Å²) in [5.41, 5.74) is 3.03. The Morgan fingerprint density at radius 2 is 1.45 bits per heavy atom. The summed E-state index contributed by atoms with van der Waals surface area (Å²) < 4.78 is 0. The first-order chi connectivity index (χ1) is 10.1. The summed E-state index contributed by atoms with van der Waals surface area (Å²) >= 11 is 0. The molecular weight excluding hydrogens is 294 g/mol. The number of hydrogen-bond acceptors (Lipinski definition) is 5. The molecule has 0 aromatic rings. The lowest BCUT2D eigenvalue weighted by Gasteiger charge is -2.24. The molecule has 1 fully saturated rings. The fourth-order valence-electron chi connectivity index (χ4n) is 2.37. The smallest absolute Gasteiger partial charge is 0.336 e. The topological polar surface area (TPSA) is 158 Å². The van der Waals surface area contributed by atoms with Gasteiger partial charge in [-0.25, -0.2) is 4.79 Å². The van der Waals surface area contributed by atoms with Gasteiger partial charge in [0.25, 0.3) is 0 Å². The van der Waals surface area contributed by atoms with Crippen LogP contribution < -0.4 is 5.73 Å². The predicted molar refractivity (Wildman–Crippen MR) is 77.3 cm³/mol. The molecule has 8 heteroatoms. The lowest BCUT2D eigenvalue weighted by atomic mass is 9.85. The number of rotatable bonds is 6. The van der Waals surface area contributed by atoms with E-state index in [-0.39, 0.29) is 0 Å². The highest BCUT2D eigenvalue weighted by Gasteiger charge is 2.40. The standard InChI is InChI=1S/C8H17N.C6H8O7/c1-7(9)8-5-3-2-4-6-8;7-3(8)1-6(13,5(11)12)2-4(9)10/h7-8H,2-6,9H2,1H3;13H,1-2H2,(H,7,8)(H,9,10)(H,11,12). The molecule has 1 unspecified atom stereocenters. The van der Waals surface area contributed by atoms with Crippen molar-refractivity contribution in [2.45, 2.75) is 63.5 Å². The molecule has 128 valence electrons. The van der Waals surface area contributed by atoms with E-state index in [1.165, 1.54) is 32.1 Å². The van der Waals surface area contributed by atoms with E-state index in [1.807, 2.05) is 0 Å². The summed E-state index contributed by atoms with van der Waals surface area (Å²) in [5, 5.41) is 33.8. The van der Waals surface area contributed by atoms with Crippen LogP contribution in [0, 0.1) is 5.92 Å². The fourth-order valence-corrected chi connectivity index (χ4v) is 2.37. The van der Waals surface area contributed by atoms with Crippen LogP contribution >= 0.6 is 0 Å². The van der Waals surface area contributed by atoms with Gasteiger partial charge in [-0.1, -0.05) is 19.3 Å². The molecule has 22 heavy (non-hydrogen) atoms. The number of aliphatic carboxylic acids is 3. The molecule has 0 saturated heterocycles. The number of aliphatic hydroxyl groups is 1. The van der Waals surface area contributed by atoms with E-state index in [4.69, 9.17) is 26.2 Å². The van der Waals surface area contributed by atoms with E-state index in [0.717, 1.165) is 5.92 Å². The zero-order valence-electron chi connectivity index (χ0n) is 12.7. The van der Waals surface area contributed by atoms with E-state index in [2.05, 4.69) is 6.92 Å². The molecular formula is C14H25NO7. The first-order valence-electron chi connectivity index (χ1n) is 7.23. The maximum atomic E-state index is 10.3. The van der Waals surface area contributed by atoms with Crippen LogP contribution in [0.4, 0.5) is 0 Å². The molecule has 1 aliphatic carbocycles. The van der Waals surface area contributed by atoms with Gasteiger partial charge in [-0.2, -0.15) is 0 Å². The van der Waals surface area contributed by atoms with Crippen molar-refractivity contribution in [3.05, 3.63) is 0 Å². The van der Waals surface area contributed by atoms with E-state index in [9.17, 15) is 14.4 Å². The first kappa shape index (κ1) is 20.3. The van der Waals surface area contributed by atoms with Crippen molar-refractivity contribution in [3.63, 3.8) is 0 Å². The molecule has 1 atom stereocenters. The number of carboxylic acid groups (broad SMARTS) is 3. The minimum Gasteiger partial charge on any atom is -0.481 e. The van der Waals surface area contributed by atoms with E-state index >= 15 is 0 Å². The Balaban J connectivity index is 0.000000425. The minimum absolute atomic E-state index is 0.435. The highest BCUT2D eigenvalue weighted by atomic mass is 16.4. The van der Waals surface area contributed by atoms with Gasteiger partial charge in [-0.15, -0.1) is 0 Å². The van der Waals surface area contributed by atoms with E-state index in [1.54, 1.807) is 0 Å². The monoisotopic (exact) mass is 319 g/mol. The van der Waals surface area contributed by atoms with Crippen LogP contribution in [0.5, 0.6) is 0 Å². The van der Waals surface area contributed by atoms with Crippen LogP contribution in [0.1, 0.15) is 51.9 Å². The first-order valence-corrected chi connectivity index (χ1v) is 7.23. The fraction of sp³-hybridized carbons (Fsp3) is 0.786. The summed E-state index contributed by atoms with van der Waals surface area (Å²) in [4.78, 5) is 30.5. The lowest BCUT2D eigenvalue weighted by Crippen LogP contribution is -2.42. The van der Waals surface area contributed by atoms with Crippen LogP contribution in [-0.4, -0.2) is 50.0 Å². The largest absolute Gasteiger partial charge is 0.481 e. The van der Waals surface area contributed by atoms with Crippen LogP contribution in [0.2, 0.25) is 0 Å². The van der Waals surface area contributed by atoms with Crippen molar-refractivity contribution in [2.24, 2.45) is 11.7 Å². The number of nitrogens with two attached hydrogens (primary N) is 1. The van der Waals surface area contributed by atoms with Crippen molar-refractivity contribution in [1.82, 2.24) is 0 Å². The highest BCUT2D eigenvalue weighted by molar-refractivity contribution is 5.88. The maximum absolute atomic E-state index is 10.3. The van der Waals surface area contributed by atoms with Crippen LogP contribution in [-0.2, 0) is 14.4 Å². The summed E-state index contributed by atoms with van der Waals surface area (Å²) in [6, 6.07) is 0.435. The van der Waals surface area contributed by atoms with Crippen LogP contribution in [0.15, 0.2) is 0 Å². The van der Waals surface area contributed by atoms with Gasteiger partial charge in [0, 0.05) is 6.04 Å². The van der Waals surface area contributed by atoms with Gasteiger partial charge < -0.3 is 26.2 Å². The highest BCUT2D eigenvalue weighted by Crippen LogP contribution is 2.25. The maximum Gasteiger partial charge on any atom is 0.336 e. The van der Waals surface area contributed by atoms with Crippen molar-refractivity contribution >= 4 is 17.9 Å². The van der Waals surface area contributed by atoms with E-state index < -0.39 is 36.4 Å². The Morgan fingerprint density at radius 3 is 1.68 bits per heavy atom. The number of carbonyl (C=O) groups is 3. The van der Waals surface area contributed by atoms with Gasteiger partial charge >= 0.3 is 17.9 Å². The van der Waals surface area contributed by atoms with Gasteiger partial charge in [0.15, 0.2) is 5.60 Å². The summed E-state index contributed by atoms with van der Waals surface area (Å²) in [5.74, 6) is -4.19. The molecule has 0 aromatic heterocycles. The van der Waals surface area contributed by atoms with Crippen molar-refractivity contribution in [3.8, 4) is 0 Å². The van der Waals surface area contributed by atoms with Gasteiger partial charge in [0.05, 0.1) is 12.8 Å². The molecule has 1 rings (SSSR count). The molecule has 0 bridgehead atoms. The van der Waals surface area contributed by atoms with Gasteiger partial charge in [0.1, 0.15) is 0 Å². The average Bonchev–Trinajstić information content (AvgIpc) is 2.38. The van der Waals surface area contributed by atoms with Crippen LogP contribution in [0.3, 0.4) is 0 Å². The molecule has 0 aromatic carbocycles. The molecule has 0 spiro atoms. The van der Waals surface area contributed by atoms with Crippen molar-refractivity contribution < 1.29 is 34.8 Å². The van der Waals surface area contributed by atoms with E-state index in [0.29, 0.717) is 6.04 Å². The molecule has 0 aliphatic heterocycles. The normalized spacial score (nSPS) is 17.0. The van der Waals surface area contributed by atoms with Crippen molar-refractivity contribution in [1.29, 1.82) is 0 Å². The number of hydrogen-bond donors (Lipinski definition) is 5. The van der Waals surface area contributed by atoms with Crippen molar-refractivity contribution in [2.75, 3.05) is 0 Å². The lowest BCUT2D eigenvalue weighted by molar-refractivity contribution is -0.170. The van der Waals surface area contributed by atoms with Gasteiger partial charge in [0.2, 0.25) is 0 Å². The quantitative estimate of drug-likeness (QED) is 0.477. The Hall–Kier alpha value is -1.67. The average molecular weight is 319 g/mol. The Bertz CT molecular complexity index is 373. The Labute approximate surface area is 128 Å². The molecule has 8 nitrogen and oxygen atoms in total. The molecule has 1 saturated carbocycles. The Kier molecular flexibility index (Phi) is 8.66. The van der Waals surface area contributed by atoms with Crippen LogP contribution in [0.25, 0.3) is 0 Å². The zero-order chi connectivity index (χ0) is 17.3. The molecule has 0 radical (unpaired) electrons. The summed E-state index contributed by atoms with van der Waals surface area (Å²) in [7, 11) is 0.